The maximum Gasteiger partial charge on any atom is 0.135 e. The second-order valence-electron chi connectivity index (χ2n) is 6.26. The SMILES string of the molecule is CCCNc1nc(C(C)C)nc(NC(C)C2CC2)c1C. The van der Waals surface area contributed by atoms with Gasteiger partial charge < -0.3 is 10.6 Å². The van der Waals surface area contributed by atoms with Crippen molar-refractivity contribution in [3.05, 3.63) is 11.4 Å². The Kier molecular flexibility index (Phi) is 4.84. The molecule has 1 aliphatic carbocycles. The fraction of sp³-hybridized carbons (Fsp3) is 0.750. The van der Waals surface area contributed by atoms with E-state index < -0.39 is 0 Å². The first-order valence-corrected chi connectivity index (χ1v) is 7.91. The maximum atomic E-state index is 4.73. The van der Waals surface area contributed by atoms with Crippen molar-refractivity contribution in [1.82, 2.24) is 9.97 Å². The van der Waals surface area contributed by atoms with E-state index in [4.69, 9.17) is 4.98 Å². The standard InChI is InChI=1S/C16H28N4/c1-6-9-17-15-11(4)16(18-12(5)13-7-8-13)20-14(19-15)10(2)3/h10,12-13H,6-9H2,1-5H3,(H2,17,18,19,20). The summed E-state index contributed by atoms with van der Waals surface area (Å²) < 4.78 is 0. The van der Waals surface area contributed by atoms with Crippen LogP contribution in [0.2, 0.25) is 0 Å². The first-order chi connectivity index (χ1) is 9.52. The predicted octanol–water partition coefficient (Wildman–Crippen LogP) is 3.94. The summed E-state index contributed by atoms with van der Waals surface area (Å²) in [4.78, 5) is 9.40. The molecular formula is C16H28N4. The van der Waals surface area contributed by atoms with E-state index in [1.165, 1.54) is 12.8 Å². The van der Waals surface area contributed by atoms with Crippen molar-refractivity contribution in [2.45, 2.75) is 65.8 Å². The van der Waals surface area contributed by atoms with E-state index in [1.54, 1.807) is 0 Å². The molecule has 1 heterocycles. The molecule has 1 fully saturated rings. The van der Waals surface area contributed by atoms with Gasteiger partial charge in [-0.1, -0.05) is 20.8 Å². The van der Waals surface area contributed by atoms with E-state index in [2.05, 4.69) is 50.2 Å². The molecule has 2 N–H and O–H groups in total. The van der Waals surface area contributed by atoms with E-state index in [0.29, 0.717) is 12.0 Å². The number of anilines is 2. The van der Waals surface area contributed by atoms with Gasteiger partial charge in [0.2, 0.25) is 0 Å². The van der Waals surface area contributed by atoms with E-state index >= 15 is 0 Å². The third-order valence-corrected chi connectivity index (χ3v) is 3.92. The number of nitrogens with zero attached hydrogens (tertiary/aromatic N) is 2. The monoisotopic (exact) mass is 276 g/mol. The summed E-state index contributed by atoms with van der Waals surface area (Å²) >= 11 is 0. The third kappa shape index (κ3) is 3.62. The Morgan fingerprint density at radius 3 is 2.35 bits per heavy atom. The minimum absolute atomic E-state index is 0.342. The summed E-state index contributed by atoms with van der Waals surface area (Å²) in [7, 11) is 0. The lowest BCUT2D eigenvalue weighted by atomic mass is 10.1. The van der Waals surface area contributed by atoms with E-state index in [0.717, 1.165) is 41.9 Å². The molecule has 0 aromatic carbocycles. The first-order valence-electron chi connectivity index (χ1n) is 7.91. The lowest BCUT2D eigenvalue weighted by Gasteiger charge is -2.19. The molecule has 0 spiro atoms. The van der Waals surface area contributed by atoms with Crippen LogP contribution in [0.15, 0.2) is 0 Å². The van der Waals surface area contributed by atoms with E-state index in [9.17, 15) is 0 Å². The summed E-state index contributed by atoms with van der Waals surface area (Å²) in [6, 6.07) is 0.502. The van der Waals surface area contributed by atoms with Gasteiger partial charge in [-0.25, -0.2) is 9.97 Å². The van der Waals surface area contributed by atoms with Crippen molar-refractivity contribution in [1.29, 1.82) is 0 Å². The Morgan fingerprint density at radius 2 is 1.80 bits per heavy atom. The Balaban J connectivity index is 2.24. The lowest BCUT2D eigenvalue weighted by molar-refractivity contribution is 0.684. The Bertz CT molecular complexity index is 452. The van der Waals surface area contributed by atoms with Gasteiger partial charge in [0.1, 0.15) is 17.5 Å². The van der Waals surface area contributed by atoms with Gasteiger partial charge >= 0.3 is 0 Å². The smallest absolute Gasteiger partial charge is 0.135 e. The van der Waals surface area contributed by atoms with Gasteiger partial charge in [-0.15, -0.1) is 0 Å². The van der Waals surface area contributed by atoms with Crippen molar-refractivity contribution in [3.63, 3.8) is 0 Å². The fourth-order valence-corrected chi connectivity index (χ4v) is 2.28. The van der Waals surface area contributed by atoms with Crippen LogP contribution >= 0.6 is 0 Å². The van der Waals surface area contributed by atoms with Crippen molar-refractivity contribution in [2.24, 2.45) is 5.92 Å². The molecule has 0 saturated heterocycles. The second-order valence-corrected chi connectivity index (χ2v) is 6.26. The zero-order valence-corrected chi connectivity index (χ0v) is 13.5. The van der Waals surface area contributed by atoms with Crippen molar-refractivity contribution in [2.75, 3.05) is 17.2 Å². The molecule has 1 aromatic heterocycles. The van der Waals surface area contributed by atoms with Gasteiger partial charge in [-0.3, -0.25) is 0 Å². The van der Waals surface area contributed by atoms with Crippen LogP contribution in [0, 0.1) is 12.8 Å². The minimum Gasteiger partial charge on any atom is -0.370 e. The summed E-state index contributed by atoms with van der Waals surface area (Å²) in [5, 5.41) is 7.02. The topological polar surface area (TPSA) is 49.8 Å². The van der Waals surface area contributed by atoms with Crippen LogP contribution in [0.4, 0.5) is 11.6 Å². The average Bonchev–Trinajstić information content (AvgIpc) is 3.23. The van der Waals surface area contributed by atoms with Crippen molar-refractivity contribution >= 4 is 11.6 Å². The summed E-state index contributed by atoms with van der Waals surface area (Å²) in [6.45, 7) is 11.8. The molecule has 0 bridgehead atoms. The number of rotatable bonds is 7. The van der Waals surface area contributed by atoms with Crippen LogP contribution < -0.4 is 10.6 Å². The molecule has 112 valence electrons. The molecule has 4 nitrogen and oxygen atoms in total. The quantitative estimate of drug-likeness (QED) is 0.792. The molecule has 2 rings (SSSR count). The number of nitrogens with one attached hydrogen (secondary N) is 2. The Hall–Kier alpha value is -1.32. The highest BCUT2D eigenvalue weighted by molar-refractivity contribution is 5.57. The summed E-state index contributed by atoms with van der Waals surface area (Å²) in [5.41, 5.74) is 1.13. The molecule has 4 heteroatoms. The molecular weight excluding hydrogens is 248 g/mol. The fourth-order valence-electron chi connectivity index (χ4n) is 2.28. The van der Waals surface area contributed by atoms with Crippen LogP contribution in [0.1, 0.15) is 64.3 Å². The third-order valence-electron chi connectivity index (χ3n) is 3.92. The largest absolute Gasteiger partial charge is 0.370 e. The highest BCUT2D eigenvalue weighted by atomic mass is 15.1. The van der Waals surface area contributed by atoms with Crippen LogP contribution in [-0.2, 0) is 0 Å². The highest BCUT2D eigenvalue weighted by Gasteiger charge is 2.28. The van der Waals surface area contributed by atoms with Crippen LogP contribution in [0.5, 0.6) is 0 Å². The minimum atomic E-state index is 0.342. The Morgan fingerprint density at radius 1 is 1.15 bits per heavy atom. The van der Waals surface area contributed by atoms with E-state index in [-0.39, 0.29) is 0 Å². The van der Waals surface area contributed by atoms with Gasteiger partial charge in [0, 0.05) is 24.1 Å². The first kappa shape index (κ1) is 15.1. The van der Waals surface area contributed by atoms with E-state index in [1.807, 2.05) is 0 Å². The van der Waals surface area contributed by atoms with Gasteiger partial charge in [-0.05, 0) is 39.0 Å². The molecule has 1 aliphatic rings. The van der Waals surface area contributed by atoms with Crippen LogP contribution in [-0.4, -0.2) is 22.6 Å². The molecule has 0 aliphatic heterocycles. The number of hydrogen-bond donors (Lipinski definition) is 2. The average molecular weight is 276 g/mol. The maximum absolute atomic E-state index is 4.73. The normalized spacial score (nSPS) is 16.3. The Labute approximate surface area is 122 Å². The van der Waals surface area contributed by atoms with Gasteiger partial charge in [-0.2, -0.15) is 0 Å². The molecule has 1 saturated carbocycles. The molecule has 1 aromatic rings. The molecule has 1 unspecified atom stereocenters. The lowest BCUT2D eigenvalue weighted by Crippen LogP contribution is -2.21. The molecule has 0 radical (unpaired) electrons. The van der Waals surface area contributed by atoms with Crippen LogP contribution in [0.25, 0.3) is 0 Å². The highest BCUT2D eigenvalue weighted by Crippen LogP contribution is 2.34. The van der Waals surface area contributed by atoms with Crippen LogP contribution in [0.3, 0.4) is 0 Å². The number of aromatic nitrogens is 2. The molecule has 0 amide bonds. The summed E-state index contributed by atoms with van der Waals surface area (Å²) in [6.07, 6.45) is 3.79. The summed E-state index contributed by atoms with van der Waals surface area (Å²) in [5.74, 6) is 4.06. The molecule has 1 atom stereocenters. The van der Waals surface area contributed by atoms with Gasteiger partial charge in [0.25, 0.3) is 0 Å². The van der Waals surface area contributed by atoms with Gasteiger partial charge in [0.05, 0.1) is 0 Å². The zero-order chi connectivity index (χ0) is 14.7. The van der Waals surface area contributed by atoms with Crippen molar-refractivity contribution < 1.29 is 0 Å². The predicted molar refractivity (Wildman–Crippen MR) is 85.4 cm³/mol. The second kappa shape index (κ2) is 6.42. The number of hydrogen-bond acceptors (Lipinski definition) is 4. The van der Waals surface area contributed by atoms with Crippen molar-refractivity contribution in [3.8, 4) is 0 Å². The van der Waals surface area contributed by atoms with Gasteiger partial charge in [0.15, 0.2) is 0 Å². The zero-order valence-electron chi connectivity index (χ0n) is 13.5. The molecule has 20 heavy (non-hydrogen) atoms.